The first kappa shape index (κ1) is 13.8. The predicted molar refractivity (Wildman–Crippen MR) is 89.3 cm³/mol. The normalized spacial score (nSPS) is 16.5. The number of likely N-dealkylation sites (N-methyl/N-ethyl adjacent to an activating group) is 1. The average Bonchev–Trinajstić information content (AvgIpc) is 2.55. The summed E-state index contributed by atoms with van der Waals surface area (Å²) in [7, 11) is 2.18. The van der Waals surface area contributed by atoms with Crippen LogP contribution in [0.2, 0.25) is 0 Å². The van der Waals surface area contributed by atoms with Gasteiger partial charge in [0, 0.05) is 38.1 Å². The van der Waals surface area contributed by atoms with Crippen LogP contribution in [0.25, 0.3) is 12.2 Å². The number of anilines is 1. The molecular formula is C18H21N3. The van der Waals surface area contributed by atoms with E-state index in [0.717, 1.165) is 31.9 Å². The molecular weight excluding hydrogens is 258 g/mol. The van der Waals surface area contributed by atoms with Crippen molar-refractivity contribution in [1.82, 2.24) is 9.88 Å². The second-order valence-electron chi connectivity index (χ2n) is 5.47. The van der Waals surface area contributed by atoms with Gasteiger partial charge >= 0.3 is 0 Å². The molecule has 0 spiro atoms. The van der Waals surface area contributed by atoms with Crippen LogP contribution in [0.1, 0.15) is 11.3 Å². The van der Waals surface area contributed by atoms with E-state index in [1.54, 1.807) is 0 Å². The van der Waals surface area contributed by atoms with Crippen LogP contribution in [0.3, 0.4) is 0 Å². The maximum absolute atomic E-state index is 4.29. The lowest BCUT2D eigenvalue weighted by atomic mass is 10.1. The zero-order chi connectivity index (χ0) is 14.5. The van der Waals surface area contributed by atoms with Crippen LogP contribution in [0.4, 0.5) is 5.69 Å². The van der Waals surface area contributed by atoms with E-state index in [1.807, 2.05) is 30.5 Å². The van der Waals surface area contributed by atoms with Gasteiger partial charge in [-0.05, 0) is 43.0 Å². The summed E-state index contributed by atoms with van der Waals surface area (Å²) in [4.78, 5) is 9.12. The number of piperazine rings is 1. The van der Waals surface area contributed by atoms with Crippen LogP contribution in [0, 0.1) is 0 Å². The summed E-state index contributed by atoms with van der Waals surface area (Å²) < 4.78 is 0. The van der Waals surface area contributed by atoms with E-state index < -0.39 is 0 Å². The van der Waals surface area contributed by atoms with E-state index >= 15 is 0 Å². The number of nitrogens with zero attached hydrogens (tertiary/aromatic N) is 3. The SMILES string of the molecule is CN1CCN(c2ccc(C=Cc3ccccn3)cc2)CC1. The molecule has 0 amide bonds. The molecule has 3 heteroatoms. The Hall–Kier alpha value is -2.13. The van der Waals surface area contributed by atoms with Gasteiger partial charge in [-0.1, -0.05) is 24.3 Å². The Kier molecular flexibility index (Phi) is 4.31. The molecule has 3 rings (SSSR count). The van der Waals surface area contributed by atoms with Crippen molar-refractivity contribution in [3.8, 4) is 0 Å². The Morgan fingerprint density at radius 3 is 2.33 bits per heavy atom. The molecule has 1 fully saturated rings. The third-order valence-electron chi connectivity index (χ3n) is 3.90. The fraction of sp³-hybridized carbons (Fsp3) is 0.278. The number of pyridine rings is 1. The van der Waals surface area contributed by atoms with Gasteiger partial charge in [0.25, 0.3) is 0 Å². The number of aromatic nitrogens is 1. The molecule has 3 nitrogen and oxygen atoms in total. The third-order valence-corrected chi connectivity index (χ3v) is 3.90. The van der Waals surface area contributed by atoms with E-state index in [1.165, 1.54) is 11.3 Å². The Balaban J connectivity index is 1.65. The Morgan fingerprint density at radius 1 is 0.905 bits per heavy atom. The molecule has 1 aliphatic rings. The first-order valence-electron chi connectivity index (χ1n) is 7.44. The smallest absolute Gasteiger partial charge is 0.0629 e. The zero-order valence-corrected chi connectivity index (χ0v) is 12.4. The maximum Gasteiger partial charge on any atom is 0.0629 e. The molecule has 1 saturated heterocycles. The predicted octanol–water partition coefficient (Wildman–Crippen LogP) is 3.00. The van der Waals surface area contributed by atoms with Gasteiger partial charge in [-0.3, -0.25) is 4.98 Å². The lowest BCUT2D eigenvalue weighted by Crippen LogP contribution is -2.44. The van der Waals surface area contributed by atoms with E-state index in [2.05, 4.69) is 52.2 Å². The minimum atomic E-state index is 0.987. The van der Waals surface area contributed by atoms with Crippen LogP contribution in [-0.2, 0) is 0 Å². The Morgan fingerprint density at radius 2 is 1.67 bits per heavy atom. The number of hydrogen-bond donors (Lipinski definition) is 0. The van der Waals surface area contributed by atoms with Crippen molar-refractivity contribution in [3.05, 3.63) is 59.9 Å². The van der Waals surface area contributed by atoms with Crippen molar-refractivity contribution in [2.24, 2.45) is 0 Å². The minimum Gasteiger partial charge on any atom is -0.369 e. The molecule has 0 aliphatic carbocycles. The van der Waals surface area contributed by atoms with Crippen molar-refractivity contribution < 1.29 is 0 Å². The summed E-state index contributed by atoms with van der Waals surface area (Å²) in [5.74, 6) is 0. The van der Waals surface area contributed by atoms with Gasteiger partial charge in [0.1, 0.15) is 0 Å². The molecule has 2 heterocycles. The first-order valence-corrected chi connectivity index (χ1v) is 7.44. The van der Waals surface area contributed by atoms with Gasteiger partial charge in [-0.25, -0.2) is 0 Å². The van der Waals surface area contributed by atoms with Crippen molar-refractivity contribution in [3.63, 3.8) is 0 Å². The zero-order valence-electron chi connectivity index (χ0n) is 12.4. The second-order valence-corrected chi connectivity index (χ2v) is 5.47. The lowest BCUT2D eigenvalue weighted by Gasteiger charge is -2.34. The highest BCUT2D eigenvalue weighted by molar-refractivity contribution is 5.69. The van der Waals surface area contributed by atoms with Crippen LogP contribution in [0.15, 0.2) is 48.7 Å². The average molecular weight is 279 g/mol. The fourth-order valence-corrected chi connectivity index (χ4v) is 2.52. The third kappa shape index (κ3) is 3.70. The number of benzene rings is 1. The fourth-order valence-electron chi connectivity index (χ4n) is 2.52. The van der Waals surface area contributed by atoms with Crippen molar-refractivity contribution in [2.45, 2.75) is 0 Å². The molecule has 108 valence electrons. The second kappa shape index (κ2) is 6.55. The molecule has 1 aliphatic heterocycles. The maximum atomic E-state index is 4.29. The summed E-state index contributed by atoms with van der Waals surface area (Å²) in [5.41, 5.74) is 3.51. The highest BCUT2D eigenvalue weighted by atomic mass is 15.2. The van der Waals surface area contributed by atoms with Crippen LogP contribution in [0.5, 0.6) is 0 Å². The molecule has 0 N–H and O–H groups in total. The van der Waals surface area contributed by atoms with E-state index in [-0.39, 0.29) is 0 Å². The van der Waals surface area contributed by atoms with Crippen LogP contribution < -0.4 is 4.90 Å². The lowest BCUT2D eigenvalue weighted by molar-refractivity contribution is 0.313. The van der Waals surface area contributed by atoms with E-state index in [9.17, 15) is 0 Å². The largest absolute Gasteiger partial charge is 0.369 e. The first-order chi connectivity index (χ1) is 10.3. The number of rotatable bonds is 3. The Bertz CT molecular complexity index is 582. The van der Waals surface area contributed by atoms with Gasteiger partial charge in [-0.15, -0.1) is 0 Å². The molecule has 0 unspecified atom stereocenters. The molecule has 0 radical (unpaired) electrons. The minimum absolute atomic E-state index is 0.987. The summed E-state index contributed by atoms with van der Waals surface area (Å²) in [6.45, 7) is 4.50. The molecule has 0 bridgehead atoms. The number of hydrogen-bond acceptors (Lipinski definition) is 3. The van der Waals surface area contributed by atoms with Gasteiger partial charge in [0.05, 0.1) is 5.69 Å². The van der Waals surface area contributed by atoms with E-state index in [0.29, 0.717) is 0 Å². The van der Waals surface area contributed by atoms with Crippen LogP contribution >= 0.6 is 0 Å². The molecule has 2 aromatic rings. The summed E-state index contributed by atoms with van der Waals surface area (Å²) >= 11 is 0. The molecule has 21 heavy (non-hydrogen) atoms. The highest BCUT2D eigenvalue weighted by Gasteiger charge is 2.13. The molecule has 0 atom stereocenters. The summed E-state index contributed by atoms with van der Waals surface area (Å²) in [6, 6.07) is 14.7. The highest BCUT2D eigenvalue weighted by Crippen LogP contribution is 2.18. The van der Waals surface area contributed by atoms with Crippen LogP contribution in [-0.4, -0.2) is 43.1 Å². The van der Waals surface area contributed by atoms with Gasteiger partial charge in [0.15, 0.2) is 0 Å². The van der Waals surface area contributed by atoms with Crippen molar-refractivity contribution in [1.29, 1.82) is 0 Å². The molecule has 1 aromatic heterocycles. The van der Waals surface area contributed by atoms with Gasteiger partial charge in [-0.2, -0.15) is 0 Å². The molecule has 0 saturated carbocycles. The topological polar surface area (TPSA) is 19.4 Å². The summed E-state index contributed by atoms with van der Waals surface area (Å²) in [5, 5.41) is 0. The molecule has 1 aromatic carbocycles. The monoisotopic (exact) mass is 279 g/mol. The van der Waals surface area contributed by atoms with Gasteiger partial charge in [0.2, 0.25) is 0 Å². The quantitative estimate of drug-likeness (QED) is 0.861. The van der Waals surface area contributed by atoms with Crippen molar-refractivity contribution >= 4 is 17.8 Å². The Labute approximate surface area is 126 Å². The standard InChI is InChI=1S/C18H21N3/c1-20-12-14-21(15-13-20)18-9-6-16(7-10-18)5-8-17-4-2-3-11-19-17/h2-11H,12-15H2,1H3. The van der Waals surface area contributed by atoms with Crippen molar-refractivity contribution in [2.75, 3.05) is 38.1 Å². The van der Waals surface area contributed by atoms with E-state index in [4.69, 9.17) is 0 Å². The summed E-state index contributed by atoms with van der Waals surface area (Å²) in [6.07, 6.45) is 5.97. The van der Waals surface area contributed by atoms with Gasteiger partial charge < -0.3 is 9.80 Å².